The molecule has 1 heterocycles. The van der Waals surface area contributed by atoms with Gasteiger partial charge in [-0.2, -0.15) is 0 Å². The number of fused-ring (bicyclic) bond motifs is 1. The van der Waals surface area contributed by atoms with Crippen LogP contribution < -0.4 is 5.32 Å². The Balaban J connectivity index is 1.66. The Morgan fingerprint density at radius 1 is 1.00 bits per heavy atom. The molecule has 3 rings (SSSR count). The van der Waals surface area contributed by atoms with Gasteiger partial charge in [0.1, 0.15) is 0 Å². The quantitative estimate of drug-likeness (QED) is 0.712. The zero-order valence-corrected chi connectivity index (χ0v) is 12.5. The first kappa shape index (κ1) is 13.3. The van der Waals surface area contributed by atoms with Gasteiger partial charge in [0.25, 0.3) is 0 Å². The Labute approximate surface area is 124 Å². The predicted octanol–water partition coefficient (Wildman–Crippen LogP) is 4.75. The van der Waals surface area contributed by atoms with Crippen molar-refractivity contribution >= 4 is 11.3 Å². The minimum Gasteiger partial charge on any atom is -0.310 e. The van der Waals surface area contributed by atoms with Crippen molar-refractivity contribution in [3.05, 3.63) is 70.4 Å². The number of hydrogen-bond donors (Lipinski definition) is 1. The van der Waals surface area contributed by atoms with E-state index in [1.165, 1.54) is 21.6 Å². The molecule has 2 heteroatoms. The SMILES string of the molecule is CC(NCCc1cccs1)c1ccc2cccccc1-2. The third-order valence-electron chi connectivity index (χ3n) is 3.69. The Hall–Kier alpha value is -1.64. The molecule has 1 aromatic rings. The molecule has 20 heavy (non-hydrogen) atoms. The minimum absolute atomic E-state index is 0.384. The number of thiophene rings is 1. The lowest BCUT2D eigenvalue weighted by atomic mass is 10.0. The Morgan fingerprint density at radius 2 is 1.90 bits per heavy atom. The third kappa shape index (κ3) is 2.92. The van der Waals surface area contributed by atoms with E-state index >= 15 is 0 Å². The van der Waals surface area contributed by atoms with Crippen molar-refractivity contribution in [2.24, 2.45) is 0 Å². The highest BCUT2D eigenvalue weighted by molar-refractivity contribution is 7.09. The van der Waals surface area contributed by atoms with Gasteiger partial charge >= 0.3 is 0 Å². The maximum atomic E-state index is 3.63. The van der Waals surface area contributed by atoms with Gasteiger partial charge in [0.15, 0.2) is 0 Å². The molecular formula is C18H19NS. The first-order valence-corrected chi connectivity index (χ1v) is 7.96. The maximum absolute atomic E-state index is 3.63. The highest BCUT2D eigenvalue weighted by Gasteiger charge is 2.13. The minimum atomic E-state index is 0.384. The van der Waals surface area contributed by atoms with Crippen LogP contribution in [0.25, 0.3) is 11.1 Å². The molecule has 102 valence electrons. The number of hydrogen-bond acceptors (Lipinski definition) is 2. The fourth-order valence-corrected chi connectivity index (χ4v) is 3.30. The van der Waals surface area contributed by atoms with E-state index in [0.717, 1.165) is 13.0 Å². The largest absolute Gasteiger partial charge is 0.310 e. The maximum Gasteiger partial charge on any atom is 0.0298 e. The summed E-state index contributed by atoms with van der Waals surface area (Å²) in [5, 5.41) is 5.77. The van der Waals surface area contributed by atoms with E-state index in [4.69, 9.17) is 0 Å². The van der Waals surface area contributed by atoms with Gasteiger partial charge < -0.3 is 5.32 Å². The summed E-state index contributed by atoms with van der Waals surface area (Å²) in [7, 11) is 0. The Bertz CT molecular complexity index is 630. The van der Waals surface area contributed by atoms with Crippen molar-refractivity contribution in [3.63, 3.8) is 0 Å². The van der Waals surface area contributed by atoms with Crippen molar-refractivity contribution in [3.8, 4) is 11.1 Å². The summed E-state index contributed by atoms with van der Waals surface area (Å²) < 4.78 is 0. The smallest absolute Gasteiger partial charge is 0.0298 e. The van der Waals surface area contributed by atoms with E-state index < -0.39 is 0 Å². The summed E-state index contributed by atoms with van der Waals surface area (Å²) in [4.78, 5) is 1.45. The highest BCUT2D eigenvalue weighted by Crippen LogP contribution is 2.31. The second-order valence-electron chi connectivity index (χ2n) is 5.07. The van der Waals surface area contributed by atoms with Crippen LogP contribution in [0.3, 0.4) is 0 Å². The topological polar surface area (TPSA) is 12.0 Å². The predicted molar refractivity (Wildman–Crippen MR) is 87.5 cm³/mol. The highest BCUT2D eigenvalue weighted by atomic mass is 32.1. The Morgan fingerprint density at radius 3 is 2.75 bits per heavy atom. The van der Waals surface area contributed by atoms with Crippen LogP contribution in [0.4, 0.5) is 0 Å². The molecule has 1 aromatic heterocycles. The van der Waals surface area contributed by atoms with Crippen molar-refractivity contribution in [2.45, 2.75) is 19.4 Å². The molecule has 0 saturated carbocycles. The van der Waals surface area contributed by atoms with E-state index in [-0.39, 0.29) is 0 Å². The first-order chi connectivity index (χ1) is 9.84. The molecular weight excluding hydrogens is 262 g/mol. The van der Waals surface area contributed by atoms with Crippen LogP contribution in [-0.2, 0) is 6.42 Å². The van der Waals surface area contributed by atoms with Crippen molar-refractivity contribution in [1.82, 2.24) is 5.32 Å². The summed E-state index contributed by atoms with van der Waals surface area (Å²) >= 11 is 1.83. The van der Waals surface area contributed by atoms with Crippen LogP contribution in [-0.4, -0.2) is 6.54 Å². The van der Waals surface area contributed by atoms with Crippen LogP contribution in [0.5, 0.6) is 0 Å². The molecule has 0 bridgehead atoms. The van der Waals surface area contributed by atoms with Gasteiger partial charge in [-0.25, -0.2) is 0 Å². The van der Waals surface area contributed by atoms with Crippen molar-refractivity contribution < 1.29 is 0 Å². The van der Waals surface area contributed by atoms with Gasteiger partial charge in [0, 0.05) is 17.5 Å². The van der Waals surface area contributed by atoms with Crippen LogP contribution >= 0.6 is 11.3 Å². The second-order valence-corrected chi connectivity index (χ2v) is 6.11. The van der Waals surface area contributed by atoms with E-state index in [9.17, 15) is 0 Å². The standard InChI is InChI=1S/C18H19NS/c1-14(19-12-11-16-7-5-13-20-16)17-10-9-15-6-3-2-4-8-18(15)17/h2-10,13-14,19H,11-12H2,1H3. The molecule has 0 saturated heterocycles. The van der Waals surface area contributed by atoms with Gasteiger partial charge in [0.2, 0.25) is 0 Å². The second kappa shape index (κ2) is 6.21. The summed E-state index contributed by atoms with van der Waals surface area (Å²) in [6.07, 6.45) is 1.11. The molecule has 2 aliphatic carbocycles. The molecule has 1 nitrogen and oxygen atoms in total. The van der Waals surface area contributed by atoms with Crippen molar-refractivity contribution in [1.29, 1.82) is 0 Å². The molecule has 0 amide bonds. The van der Waals surface area contributed by atoms with Crippen molar-refractivity contribution in [2.75, 3.05) is 6.54 Å². The summed E-state index contributed by atoms with van der Waals surface area (Å²) in [5.74, 6) is 0. The normalized spacial score (nSPS) is 12.7. The van der Waals surface area contributed by atoms with Crippen LogP contribution in [0.1, 0.15) is 23.4 Å². The fraction of sp³-hybridized carbons (Fsp3) is 0.222. The fourth-order valence-electron chi connectivity index (χ4n) is 2.59. The monoisotopic (exact) mass is 281 g/mol. The van der Waals surface area contributed by atoms with E-state index in [1.54, 1.807) is 0 Å². The van der Waals surface area contributed by atoms with Crippen LogP contribution in [0.2, 0.25) is 0 Å². The Kier molecular flexibility index (Phi) is 4.14. The van der Waals surface area contributed by atoms with E-state index in [0.29, 0.717) is 6.04 Å². The zero-order valence-electron chi connectivity index (χ0n) is 11.7. The van der Waals surface area contributed by atoms with E-state index in [1.807, 2.05) is 11.3 Å². The molecule has 0 spiro atoms. The number of nitrogens with one attached hydrogen (secondary N) is 1. The summed E-state index contributed by atoms with van der Waals surface area (Å²) in [5.41, 5.74) is 4.06. The summed E-state index contributed by atoms with van der Waals surface area (Å²) in [6.45, 7) is 3.27. The zero-order chi connectivity index (χ0) is 13.8. The molecule has 0 fully saturated rings. The van der Waals surface area contributed by atoms with Gasteiger partial charge in [-0.3, -0.25) is 0 Å². The molecule has 1 atom stereocenters. The third-order valence-corrected chi connectivity index (χ3v) is 4.63. The lowest BCUT2D eigenvalue weighted by molar-refractivity contribution is 0.581. The molecule has 1 N–H and O–H groups in total. The first-order valence-electron chi connectivity index (χ1n) is 7.08. The molecule has 0 aliphatic heterocycles. The average molecular weight is 281 g/mol. The molecule has 2 aliphatic rings. The van der Waals surface area contributed by atoms with Gasteiger partial charge in [-0.05, 0) is 41.5 Å². The molecule has 0 radical (unpaired) electrons. The molecule has 1 unspecified atom stereocenters. The van der Waals surface area contributed by atoms with Gasteiger partial charge in [-0.15, -0.1) is 11.3 Å². The molecule has 0 aromatic carbocycles. The average Bonchev–Trinajstić information content (AvgIpc) is 3.04. The lowest BCUT2D eigenvalue weighted by Crippen LogP contribution is -2.21. The van der Waals surface area contributed by atoms with Gasteiger partial charge in [-0.1, -0.05) is 48.5 Å². The van der Waals surface area contributed by atoms with Gasteiger partial charge in [0.05, 0.1) is 0 Å². The number of rotatable bonds is 5. The van der Waals surface area contributed by atoms with Crippen LogP contribution in [0, 0.1) is 0 Å². The lowest BCUT2D eigenvalue weighted by Gasteiger charge is -2.14. The summed E-state index contributed by atoms with van der Waals surface area (Å²) in [6, 6.07) is 19.8. The van der Waals surface area contributed by atoms with E-state index in [2.05, 4.69) is 72.2 Å². The van der Waals surface area contributed by atoms with Crippen LogP contribution in [0.15, 0.2) is 60.0 Å².